The van der Waals surface area contributed by atoms with Crippen LogP contribution in [0.3, 0.4) is 0 Å². The molecule has 0 aliphatic carbocycles. The van der Waals surface area contributed by atoms with E-state index in [0.29, 0.717) is 50.5 Å². The van der Waals surface area contributed by atoms with Gasteiger partial charge in [0.1, 0.15) is 18.5 Å². The molecule has 8 nitrogen and oxygen atoms in total. The Labute approximate surface area is 165 Å². The molecule has 10 heteroatoms. The molecule has 1 aromatic carbocycles. The Kier molecular flexibility index (Phi) is 5.55. The number of carbonyl (C=O) groups excluding carboxylic acids is 1. The van der Waals surface area contributed by atoms with E-state index in [-0.39, 0.29) is 13.2 Å². The molecule has 28 heavy (non-hydrogen) atoms. The van der Waals surface area contributed by atoms with E-state index in [0.717, 1.165) is 0 Å². The standard InChI is InChI=1S/C18H23FN2O6S/c1-28(23)26-12-14-11-21(17(22)27-14)13-2-3-16(15(19)10-13)20-6-4-18(5-7-20)24-8-9-25-18/h2-3,10,14H,4-9,11-12H2,1H3. The third-order valence-electron chi connectivity index (χ3n) is 5.22. The lowest BCUT2D eigenvalue weighted by Crippen LogP contribution is -2.45. The summed E-state index contributed by atoms with van der Waals surface area (Å²) in [4.78, 5) is 15.4. The van der Waals surface area contributed by atoms with Gasteiger partial charge in [-0.1, -0.05) is 0 Å². The van der Waals surface area contributed by atoms with Crippen LogP contribution >= 0.6 is 0 Å². The molecule has 0 saturated carbocycles. The number of nitrogens with zero attached hydrogens (tertiary/aromatic N) is 2. The van der Waals surface area contributed by atoms with Crippen LogP contribution in [0.1, 0.15) is 12.8 Å². The van der Waals surface area contributed by atoms with Crippen molar-refractivity contribution in [1.29, 1.82) is 0 Å². The Bertz CT molecular complexity index is 762. The number of ether oxygens (including phenoxy) is 3. The predicted molar refractivity (Wildman–Crippen MR) is 100 cm³/mol. The van der Waals surface area contributed by atoms with Gasteiger partial charge in [0.15, 0.2) is 16.9 Å². The Hall–Kier alpha value is -1.75. The van der Waals surface area contributed by atoms with Gasteiger partial charge in [0.05, 0.1) is 31.1 Å². The summed E-state index contributed by atoms with van der Waals surface area (Å²) in [6.45, 7) is 2.73. The van der Waals surface area contributed by atoms with Crippen molar-refractivity contribution >= 4 is 28.5 Å². The van der Waals surface area contributed by atoms with Crippen molar-refractivity contribution in [3.8, 4) is 0 Å². The molecule has 0 bridgehead atoms. The van der Waals surface area contributed by atoms with Gasteiger partial charge < -0.3 is 19.1 Å². The Morgan fingerprint density at radius 2 is 2.00 bits per heavy atom. The highest BCUT2D eigenvalue weighted by atomic mass is 32.2. The smallest absolute Gasteiger partial charge is 0.414 e. The van der Waals surface area contributed by atoms with E-state index in [2.05, 4.69) is 0 Å². The van der Waals surface area contributed by atoms with Crippen molar-refractivity contribution in [3.05, 3.63) is 24.0 Å². The summed E-state index contributed by atoms with van der Waals surface area (Å²) >= 11 is -1.43. The van der Waals surface area contributed by atoms with Crippen LogP contribution < -0.4 is 9.80 Å². The van der Waals surface area contributed by atoms with Gasteiger partial charge in [0.25, 0.3) is 0 Å². The molecule has 0 radical (unpaired) electrons. The fourth-order valence-corrected chi connectivity index (χ4v) is 4.13. The quantitative estimate of drug-likeness (QED) is 0.727. The number of piperidine rings is 1. The summed E-state index contributed by atoms with van der Waals surface area (Å²) in [5.74, 6) is -0.908. The molecule has 1 amide bonds. The number of amides is 1. The highest BCUT2D eigenvalue weighted by molar-refractivity contribution is 7.79. The molecule has 3 saturated heterocycles. The zero-order valence-corrected chi connectivity index (χ0v) is 16.4. The topological polar surface area (TPSA) is 77.5 Å². The lowest BCUT2D eigenvalue weighted by molar-refractivity contribution is -0.169. The van der Waals surface area contributed by atoms with Gasteiger partial charge in [-0.2, -0.15) is 0 Å². The van der Waals surface area contributed by atoms with Crippen LogP contribution in [0.4, 0.5) is 20.6 Å². The van der Waals surface area contributed by atoms with Gasteiger partial charge in [0, 0.05) is 32.2 Å². The SMILES string of the molecule is CS(=O)OCC1CN(c2ccc(N3CCC4(CC3)OCCO4)c(F)c2)C(=O)O1. The second-order valence-corrected chi connectivity index (χ2v) is 8.07. The van der Waals surface area contributed by atoms with Crippen LogP contribution in [0.5, 0.6) is 0 Å². The van der Waals surface area contributed by atoms with E-state index in [1.165, 1.54) is 17.2 Å². The first-order valence-electron chi connectivity index (χ1n) is 9.23. The first-order chi connectivity index (χ1) is 13.5. The molecule has 3 aliphatic rings. The molecule has 2 unspecified atom stereocenters. The molecule has 1 aromatic rings. The monoisotopic (exact) mass is 414 g/mol. The summed E-state index contributed by atoms with van der Waals surface area (Å²) in [5, 5.41) is 0. The van der Waals surface area contributed by atoms with Gasteiger partial charge in [-0.25, -0.2) is 13.4 Å². The normalized spacial score (nSPS) is 25.4. The third-order valence-corrected chi connectivity index (χ3v) is 5.68. The summed E-state index contributed by atoms with van der Waals surface area (Å²) in [5.41, 5.74) is 0.910. The summed E-state index contributed by atoms with van der Waals surface area (Å²) in [6, 6.07) is 4.72. The zero-order valence-electron chi connectivity index (χ0n) is 15.6. The number of anilines is 2. The molecule has 3 heterocycles. The van der Waals surface area contributed by atoms with Crippen LogP contribution in [0.15, 0.2) is 18.2 Å². The second kappa shape index (κ2) is 7.94. The summed E-state index contributed by atoms with van der Waals surface area (Å²) < 4.78 is 47.4. The minimum absolute atomic E-state index is 0.0333. The molecule has 2 atom stereocenters. The van der Waals surface area contributed by atoms with E-state index < -0.39 is 34.9 Å². The average Bonchev–Trinajstić information content (AvgIpc) is 3.28. The fraction of sp³-hybridized carbons (Fsp3) is 0.611. The lowest BCUT2D eigenvalue weighted by Gasteiger charge is -2.38. The van der Waals surface area contributed by atoms with Crippen molar-refractivity contribution in [3.63, 3.8) is 0 Å². The van der Waals surface area contributed by atoms with Crippen molar-refractivity contribution in [2.45, 2.75) is 24.7 Å². The fourth-order valence-electron chi connectivity index (χ4n) is 3.79. The lowest BCUT2D eigenvalue weighted by atomic mass is 10.0. The first-order valence-corrected chi connectivity index (χ1v) is 10.7. The van der Waals surface area contributed by atoms with Crippen molar-refractivity contribution < 1.29 is 31.8 Å². The van der Waals surface area contributed by atoms with Crippen LogP contribution in [-0.4, -0.2) is 67.9 Å². The van der Waals surface area contributed by atoms with E-state index in [9.17, 15) is 13.4 Å². The molecular weight excluding hydrogens is 391 g/mol. The van der Waals surface area contributed by atoms with Gasteiger partial charge in [-0.3, -0.25) is 9.08 Å². The molecule has 0 N–H and O–H groups in total. The highest BCUT2D eigenvalue weighted by Gasteiger charge is 2.40. The second-order valence-electron chi connectivity index (χ2n) is 7.03. The maximum absolute atomic E-state index is 14.8. The maximum Gasteiger partial charge on any atom is 0.414 e. The number of benzene rings is 1. The number of hydrogen-bond acceptors (Lipinski definition) is 7. The minimum atomic E-state index is -1.43. The van der Waals surface area contributed by atoms with Crippen molar-refractivity contribution in [2.24, 2.45) is 0 Å². The number of halogens is 1. The van der Waals surface area contributed by atoms with Crippen LogP contribution in [0.25, 0.3) is 0 Å². The van der Waals surface area contributed by atoms with E-state index in [4.69, 9.17) is 18.4 Å². The summed E-state index contributed by atoms with van der Waals surface area (Å²) in [6.07, 6.45) is 1.66. The largest absolute Gasteiger partial charge is 0.441 e. The number of hydrogen-bond donors (Lipinski definition) is 0. The molecule has 3 aliphatic heterocycles. The highest BCUT2D eigenvalue weighted by Crippen LogP contribution is 2.35. The van der Waals surface area contributed by atoms with E-state index in [1.807, 2.05) is 4.90 Å². The molecule has 0 aromatic heterocycles. The maximum atomic E-state index is 14.8. The number of carbonyl (C=O) groups is 1. The Morgan fingerprint density at radius 1 is 1.29 bits per heavy atom. The van der Waals surface area contributed by atoms with E-state index in [1.54, 1.807) is 12.1 Å². The third kappa shape index (κ3) is 4.00. The number of rotatable bonds is 5. The number of cyclic esters (lactones) is 1. The van der Waals surface area contributed by atoms with Gasteiger partial charge in [0.2, 0.25) is 0 Å². The molecule has 3 fully saturated rings. The summed E-state index contributed by atoms with van der Waals surface area (Å²) in [7, 11) is 0. The van der Waals surface area contributed by atoms with Crippen LogP contribution in [0.2, 0.25) is 0 Å². The molecular formula is C18H23FN2O6S. The van der Waals surface area contributed by atoms with Gasteiger partial charge in [-0.05, 0) is 18.2 Å². The Balaban J connectivity index is 1.41. The van der Waals surface area contributed by atoms with Crippen molar-refractivity contribution in [1.82, 2.24) is 0 Å². The molecule has 154 valence electrons. The zero-order chi connectivity index (χ0) is 19.7. The predicted octanol–water partition coefficient (Wildman–Crippen LogP) is 1.80. The van der Waals surface area contributed by atoms with Gasteiger partial charge >= 0.3 is 6.09 Å². The van der Waals surface area contributed by atoms with Crippen LogP contribution in [0, 0.1) is 5.82 Å². The minimum Gasteiger partial charge on any atom is -0.441 e. The van der Waals surface area contributed by atoms with Gasteiger partial charge in [-0.15, -0.1) is 0 Å². The van der Waals surface area contributed by atoms with E-state index >= 15 is 0 Å². The van der Waals surface area contributed by atoms with Crippen LogP contribution in [-0.2, 0) is 29.5 Å². The first kappa shape index (κ1) is 19.6. The molecule has 1 spiro atoms. The average molecular weight is 414 g/mol. The molecule has 4 rings (SSSR count). The van der Waals surface area contributed by atoms with Crippen molar-refractivity contribution in [2.75, 3.05) is 55.5 Å². The Morgan fingerprint density at radius 3 is 2.64 bits per heavy atom.